The van der Waals surface area contributed by atoms with Crippen LogP contribution in [-0.4, -0.2) is 42.1 Å². The minimum absolute atomic E-state index is 0.0800. The van der Waals surface area contributed by atoms with Gasteiger partial charge in [-0.2, -0.15) is 17.0 Å². The molecule has 1 aromatic heterocycles. The second kappa shape index (κ2) is 8.29. The Labute approximate surface area is 156 Å². The van der Waals surface area contributed by atoms with Crippen molar-refractivity contribution >= 4 is 10.2 Å². The van der Waals surface area contributed by atoms with Crippen LogP contribution < -0.4 is 0 Å². The molecule has 1 aliphatic rings. The molecule has 140 valence electrons. The highest BCUT2D eigenvalue weighted by atomic mass is 32.2. The van der Waals surface area contributed by atoms with Crippen molar-refractivity contribution < 1.29 is 8.42 Å². The third-order valence-electron chi connectivity index (χ3n) is 5.26. The molecule has 26 heavy (non-hydrogen) atoms. The predicted molar refractivity (Wildman–Crippen MR) is 104 cm³/mol. The summed E-state index contributed by atoms with van der Waals surface area (Å²) in [6.45, 7) is 0. The van der Waals surface area contributed by atoms with E-state index in [9.17, 15) is 8.42 Å². The largest absolute Gasteiger partial charge is 0.282 e. The van der Waals surface area contributed by atoms with E-state index in [2.05, 4.69) is 4.98 Å². The van der Waals surface area contributed by atoms with Crippen molar-refractivity contribution in [3.63, 3.8) is 0 Å². The lowest BCUT2D eigenvalue weighted by molar-refractivity contribution is 0.262. The Morgan fingerprint density at radius 1 is 0.962 bits per heavy atom. The van der Waals surface area contributed by atoms with Crippen molar-refractivity contribution in [2.75, 3.05) is 14.1 Å². The van der Waals surface area contributed by atoms with Crippen LogP contribution in [0, 0.1) is 0 Å². The van der Waals surface area contributed by atoms with Gasteiger partial charge in [0.15, 0.2) is 0 Å². The summed E-state index contributed by atoms with van der Waals surface area (Å²) >= 11 is 0. The highest BCUT2D eigenvalue weighted by molar-refractivity contribution is 7.86. The number of hydrogen-bond acceptors (Lipinski definition) is 3. The maximum atomic E-state index is 13.3. The Bertz CT molecular complexity index is 751. The summed E-state index contributed by atoms with van der Waals surface area (Å²) in [4.78, 5) is 4.44. The summed E-state index contributed by atoms with van der Waals surface area (Å²) in [5.74, 6) is 0. The molecule has 0 saturated heterocycles. The maximum absolute atomic E-state index is 13.3. The molecule has 1 unspecified atom stereocenters. The third-order valence-corrected chi connectivity index (χ3v) is 7.23. The molecular formula is C20H27N3O2S. The van der Waals surface area contributed by atoms with Gasteiger partial charge in [-0.25, -0.2) is 0 Å². The van der Waals surface area contributed by atoms with Crippen LogP contribution in [-0.2, 0) is 10.2 Å². The van der Waals surface area contributed by atoms with E-state index in [0.29, 0.717) is 0 Å². The van der Waals surface area contributed by atoms with Crippen LogP contribution in [0.3, 0.4) is 0 Å². The van der Waals surface area contributed by atoms with Crippen molar-refractivity contribution in [2.45, 2.75) is 44.2 Å². The fourth-order valence-electron chi connectivity index (χ4n) is 3.71. The summed E-state index contributed by atoms with van der Waals surface area (Å²) in [5.41, 5.74) is 1.64. The number of benzene rings is 1. The van der Waals surface area contributed by atoms with E-state index in [0.717, 1.165) is 36.9 Å². The number of nitrogens with zero attached hydrogens (tertiary/aromatic N) is 3. The average Bonchev–Trinajstić information content (AvgIpc) is 2.70. The van der Waals surface area contributed by atoms with E-state index in [-0.39, 0.29) is 6.04 Å². The van der Waals surface area contributed by atoms with Crippen LogP contribution in [0.5, 0.6) is 0 Å². The van der Waals surface area contributed by atoms with Crippen LogP contribution in [0.1, 0.15) is 49.4 Å². The zero-order valence-electron chi connectivity index (χ0n) is 15.5. The number of hydrogen-bond donors (Lipinski definition) is 0. The van der Waals surface area contributed by atoms with Gasteiger partial charge in [0.25, 0.3) is 10.2 Å². The topological polar surface area (TPSA) is 53.5 Å². The Morgan fingerprint density at radius 2 is 1.62 bits per heavy atom. The Hall–Kier alpha value is -1.76. The monoisotopic (exact) mass is 373 g/mol. The Kier molecular flexibility index (Phi) is 6.06. The normalized spacial score (nSPS) is 17.5. The van der Waals surface area contributed by atoms with E-state index < -0.39 is 16.3 Å². The van der Waals surface area contributed by atoms with Crippen LogP contribution >= 0.6 is 0 Å². The molecule has 1 fully saturated rings. The second-order valence-corrected chi connectivity index (χ2v) is 8.95. The van der Waals surface area contributed by atoms with Crippen molar-refractivity contribution in [3.05, 3.63) is 66.0 Å². The molecule has 1 aromatic carbocycles. The van der Waals surface area contributed by atoms with Gasteiger partial charge in [-0.3, -0.25) is 4.98 Å². The number of aromatic nitrogens is 1. The second-order valence-electron chi connectivity index (χ2n) is 6.90. The predicted octanol–water partition coefficient (Wildman–Crippen LogP) is 3.61. The summed E-state index contributed by atoms with van der Waals surface area (Å²) in [5, 5.41) is 0. The minimum atomic E-state index is -3.61. The van der Waals surface area contributed by atoms with Gasteiger partial charge in [-0.15, -0.1) is 0 Å². The van der Waals surface area contributed by atoms with Gasteiger partial charge in [-0.05, 0) is 30.5 Å². The first-order valence-corrected chi connectivity index (χ1v) is 10.6. The third kappa shape index (κ3) is 3.98. The van der Waals surface area contributed by atoms with Crippen molar-refractivity contribution in [3.8, 4) is 0 Å². The maximum Gasteiger partial charge on any atom is 0.282 e. The van der Waals surface area contributed by atoms with E-state index >= 15 is 0 Å². The van der Waals surface area contributed by atoms with Crippen LogP contribution in [0.2, 0.25) is 0 Å². The quantitative estimate of drug-likeness (QED) is 0.777. The average molecular weight is 374 g/mol. The molecule has 1 aliphatic carbocycles. The standard InChI is InChI=1S/C20H27N3O2S/c1-22(18-13-7-4-8-14-18)26(24,25)23(2)20(17-11-5-3-6-12-17)19-15-9-10-16-21-19/h3,5-6,9-12,15-16,18,20H,4,7-8,13-14H2,1-2H3. The molecule has 5 nitrogen and oxygen atoms in total. The van der Waals surface area contributed by atoms with E-state index in [1.807, 2.05) is 48.5 Å². The molecule has 0 amide bonds. The molecule has 3 rings (SSSR count). The van der Waals surface area contributed by atoms with Crippen LogP contribution in [0.25, 0.3) is 0 Å². The molecule has 0 spiro atoms. The van der Waals surface area contributed by atoms with Crippen molar-refractivity contribution in [1.82, 2.24) is 13.6 Å². The van der Waals surface area contributed by atoms with E-state index in [4.69, 9.17) is 0 Å². The van der Waals surface area contributed by atoms with Crippen LogP contribution in [0.4, 0.5) is 0 Å². The lowest BCUT2D eigenvalue weighted by atomic mass is 9.96. The van der Waals surface area contributed by atoms with Gasteiger partial charge < -0.3 is 0 Å². The van der Waals surface area contributed by atoms with E-state index in [1.54, 1.807) is 24.6 Å². The summed E-state index contributed by atoms with van der Waals surface area (Å²) in [6.07, 6.45) is 6.96. The molecule has 0 aliphatic heterocycles. The molecule has 0 N–H and O–H groups in total. The lowest BCUT2D eigenvalue weighted by Gasteiger charge is -2.36. The first-order chi connectivity index (χ1) is 12.5. The van der Waals surface area contributed by atoms with Gasteiger partial charge in [0.1, 0.15) is 0 Å². The smallest absolute Gasteiger partial charge is 0.259 e. The van der Waals surface area contributed by atoms with Gasteiger partial charge in [0.2, 0.25) is 0 Å². The van der Waals surface area contributed by atoms with E-state index in [1.165, 1.54) is 10.7 Å². The molecule has 1 saturated carbocycles. The zero-order chi connectivity index (χ0) is 18.6. The van der Waals surface area contributed by atoms with Gasteiger partial charge in [0, 0.05) is 26.3 Å². The SMILES string of the molecule is CN(C1CCCCC1)S(=O)(=O)N(C)C(c1ccccc1)c1ccccn1. The van der Waals surface area contributed by atoms with Crippen molar-refractivity contribution in [1.29, 1.82) is 0 Å². The fourth-order valence-corrected chi connectivity index (χ4v) is 5.20. The zero-order valence-corrected chi connectivity index (χ0v) is 16.3. The minimum Gasteiger partial charge on any atom is -0.259 e. The molecule has 1 heterocycles. The number of pyridine rings is 1. The van der Waals surface area contributed by atoms with Crippen molar-refractivity contribution in [2.24, 2.45) is 0 Å². The van der Waals surface area contributed by atoms with Gasteiger partial charge in [-0.1, -0.05) is 55.7 Å². The highest BCUT2D eigenvalue weighted by Crippen LogP contribution is 2.31. The van der Waals surface area contributed by atoms with Gasteiger partial charge in [0.05, 0.1) is 11.7 Å². The molecule has 1 atom stereocenters. The first kappa shape index (κ1) is 19.0. The molecule has 0 bridgehead atoms. The summed E-state index contributed by atoms with van der Waals surface area (Å²) in [6, 6.07) is 14.9. The fraction of sp³-hybridized carbons (Fsp3) is 0.450. The lowest BCUT2D eigenvalue weighted by Crippen LogP contribution is -2.47. The molecular weight excluding hydrogens is 346 g/mol. The summed E-state index contributed by atoms with van der Waals surface area (Å²) in [7, 11) is -0.243. The summed E-state index contributed by atoms with van der Waals surface area (Å²) < 4.78 is 29.7. The van der Waals surface area contributed by atoms with Gasteiger partial charge >= 0.3 is 0 Å². The Balaban J connectivity index is 1.95. The molecule has 0 radical (unpaired) electrons. The highest BCUT2D eigenvalue weighted by Gasteiger charge is 2.36. The van der Waals surface area contributed by atoms with Crippen LogP contribution in [0.15, 0.2) is 54.7 Å². The first-order valence-electron chi connectivity index (χ1n) is 9.18. The Morgan fingerprint density at radius 3 is 2.23 bits per heavy atom. The number of rotatable bonds is 6. The molecule has 2 aromatic rings. The molecule has 6 heteroatoms.